The summed E-state index contributed by atoms with van der Waals surface area (Å²) in [5, 5.41) is 0. The van der Waals surface area contributed by atoms with Crippen LogP contribution >= 0.6 is 0 Å². The van der Waals surface area contributed by atoms with Gasteiger partial charge in [-0.25, -0.2) is 0 Å². The van der Waals surface area contributed by atoms with Crippen LogP contribution in [0.15, 0.2) is 0 Å². The van der Waals surface area contributed by atoms with Crippen molar-refractivity contribution in [3.63, 3.8) is 0 Å². The van der Waals surface area contributed by atoms with Gasteiger partial charge in [-0.3, -0.25) is 0 Å². The molecule has 1 nitrogen and oxygen atoms in total. The van der Waals surface area contributed by atoms with Gasteiger partial charge in [0.15, 0.2) is 0 Å². The molecular formula is C6H12BN. The van der Waals surface area contributed by atoms with E-state index in [1.165, 1.54) is 38.6 Å². The van der Waals surface area contributed by atoms with Crippen molar-refractivity contribution in [3.8, 4) is 0 Å². The highest BCUT2D eigenvalue weighted by molar-refractivity contribution is 6.59. The summed E-state index contributed by atoms with van der Waals surface area (Å²) in [6, 6.07) is 0. The van der Waals surface area contributed by atoms with Gasteiger partial charge in [0.25, 0.3) is 0 Å². The summed E-state index contributed by atoms with van der Waals surface area (Å²) < 4.78 is 0. The zero-order chi connectivity index (χ0) is 5.40. The van der Waals surface area contributed by atoms with E-state index in [0.29, 0.717) is 0 Å². The minimum atomic E-state index is 1.11. The quantitative estimate of drug-likeness (QED) is 0.416. The third kappa shape index (κ3) is 0.674. The van der Waals surface area contributed by atoms with Gasteiger partial charge in [-0.2, -0.15) is 0 Å². The lowest BCUT2D eigenvalue weighted by Gasteiger charge is -2.36. The molecule has 3 saturated heterocycles. The van der Waals surface area contributed by atoms with E-state index in [9.17, 15) is 0 Å². The molecule has 3 fully saturated rings. The molecule has 0 N–H and O–H groups in total. The van der Waals surface area contributed by atoms with Gasteiger partial charge in [0.1, 0.15) is 6.71 Å². The Morgan fingerprint density at radius 1 is 0.875 bits per heavy atom. The van der Waals surface area contributed by atoms with E-state index >= 15 is 0 Å². The Labute approximate surface area is 51.1 Å². The van der Waals surface area contributed by atoms with Gasteiger partial charge < -0.3 is 4.90 Å². The molecule has 3 rings (SSSR count). The molecule has 0 aromatic rings. The van der Waals surface area contributed by atoms with Gasteiger partial charge in [-0.05, 0) is 19.6 Å². The molecule has 3 heterocycles. The summed E-state index contributed by atoms with van der Waals surface area (Å²) in [5.41, 5.74) is 0. The minimum absolute atomic E-state index is 1.11. The third-order valence-corrected chi connectivity index (χ3v) is 2.56. The Morgan fingerprint density at radius 2 is 1.38 bits per heavy atom. The molecule has 0 spiro atoms. The van der Waals surface area contributed by atoms with Crippen LogP contribution in [0.4, 0.5) is 0 Å². The van der Waals surface area contributed by atoms with Crippen molar-refractivity contribution in [2.24, 2.45) is 0 Å². The van der Waals surface area contributed by atoms with Gasteiger partial charge in [0.05, 0.1) is 0 Å². The Balaban J connectivity index is 2.03. The van der Waals surface area contributed by atoms with Crippen LogP contribution in [0.25, 0.3) is 0 Å². The van der Waals surface area contributed by atoms with E-state index in [1.807, 2.05) is 0 Å². The second kappa shape index (κ2) is 1.76. The van der Waals surface area contributed by atoms with Gasteiger partial charge >= 0.3 is 0 Å². The molecular weight excluding hydrogens is 96.9 g/mol. The first-order valence-corrected chi connectivity index (χ1v) is 3.67. The smallest absolute Gasteiger partial charge is 0.143 e. The lowest BCUT2D eigenvalue weighted by atomic mass is 9.39. The summed E-state index contributed by atoms with van der Waals surface area (Å²) >= 11 is 0. The molecule has 3 aliphatic heterocycles. The van der Waals surface area contributed by atoms with Crippen LogP contribution in [-0.4, -0.2) is 31.2 Å². The number of fused-ring (bicyclic) bond motifs is 3. The zero-order valence-electron chi connectivity index (χ0n) is 5.27. The van der Waals surface area contributed by atoms with Crippen LogP contribution in [0.3, 0.4) is 0 Å². The van der Waals surface area contributed by atoms with Crippen LogP contribution in [0.5, 0.6) is 0 Å². The molecule has 0 aromatic heterocycles. The first kappa shape index (κ1) is 4.86. The molecule has 0 aromatic carbocycles. The predicted octanol–water partition coefficient (Wildman–Crippen LogP) is 0.810. The van der Waals surface area contributed by atoms with Crippen LogP contribution in [0.1, 0.15) is 0 Å². The van der Waals surface area contributed by atoms with Crippen molar-refractivity contribution in [2.45, 2.75) is 19.0 Å². The standard InChI is InChI=1S/C6H12BN/c1-4-8-5-2-7(1)3-6-8/h1-6H2. The van der Waals surface area contributed by atoms with Gasteiger partial charge in [0, 0.05) is 0 Å². The highest BCUT2D eigenvalue weighted by atomic mass is 15.1. The Bertz CT molecular complexity index is 63.5. The van der Waals surface area contributed by atoms with E-state index in [0.717, 1.165) is 6.71 Å². The zero-order valence-corrected chi connectivity index (χ0v) is 5.27. The van der Waals surface area contributed by atoms with Crippen molar-refractivity contribution in [3.05, 3.63) is 0 Å². The van der Waals surface area contributed by atoms with Gasteiger partial charge in [-0.1, -0.05) is 19.0 Å². The molecule has 0 unspecified atom stereocenters. The molecule has 0 atom stereocenters. The molecule has 2 bridgehead atoms. The SMILES string of the molecule is C1CN2CCB1CC2. The molecule has 44 valence electrons. The number of hydrogen-bond acceptors (Lipinski definition) is 1. The summed E-state index contributed by atoms with van der Waals surface area (Å²) in [5.74, 6) is 0. The largest absolute Gasteiger partial charge is 0.305 e. The molecule has 0 amide bonds. The van der Waals surface area contributed by atoms with Crippen molar-refractivity contribution in [1.29, 1.82) is 0 Å². The highest BCUT2D eigenvalue weighted by Crippen LogP contribution is 2.21. The summed E-state index contributed by atoms with van der Waals surface area (Å²) in [6.07, 6.45) is 4.46. The van der Waals surface area contributed by atoms with Crippen LogP contribution in [0, 0.1) is 0 Å². The van der Waals surface area contributed by atoms with Crippen LogP contribution < -0.4 is 0 Å². The second-order valence-corrected chi connectivity index (χ2v) is 3.07. The van der Waals surface area contributed by atoms with Gasteiger partial charge in [0.2, 0.25) is 0 Å². The summed E-state index contributed by atoms with van der Waals surface area (Å²) in [7, 11) is 0. The first-order chi connectivity index (χ1) is 3.95. The van der Waals surface area contributed by atoms with Crippen LogP contribution in [-0.2, 0) is 0 Å². The Morgan fingerprint density at radius 3 is 1.50 bits per heavy atom. The van der Waals surface area contributed by atoms with E-state index in [-0.39, 0.29) is 0 Å². The lowest BCUT2D eigenvalue weighted by molar-refractivity contribution is 0.286. The Kier molecular flexibility index (Phi) is 1.07. The fourth-order valence-electron chi connectivity index (χ4n) is 1.86. The predicted molar refractivity (Wildman–Crippen MR) is 36.6 cm³/mol. The fourth-order valence-corrected chi connectivity index (χ4v) is 1.86. The van der Waals surface area contributed by atoms with Crippen molar-refractivity contribution in [2.75, 3.05) is 19.6 Å². The maximum Gasteiger partial charge on any atom is 0.143 e. The monoisotopic (exact) mass is 109 g/mol. The van der Waals surface area contributed by atoms with Crippen molar-refractivity contribution < 1.29 is 0 Å². The van der Waals surface area contributed by atoms with E-state index in [2.05, 4.69) is 4.90 Å². The van der Waals surface area contributed by atoms with E-state index in [1.54, 1.807) is 0 Å². The van der Waals surface area contributed by atoms with E-state index < -0.39 is 0 Å². The van der Waals surface area contributed by atoms with Crippen molar-refractivity contribution in [1.82, 2.24) is 4.90 Å². The topological polar surface area (TPSA) is 3.24 Å². The maximum atomic E-state index is 2.58. The first-order valence-electron chi connectivity index (χ1n) is 3.67. The van der Waals surface area contributed by atoms with E-state index in [4.69, 9.17) is 0 Å². The highest BCUT2D eigenvalue weighted by Gasteiger charge is 2.27. The normalized spacial score (nSPS) is 29.2. The average molecular weight is 109 g/mol. The van der Waals surface area contributed by atoms with Crippen LogP contribution in [0.2, 0.25) is 19.0 Å². The summed E-state index contributed by atoms with van der Waals surface area (Å²) in [4.78, 5) is 2.58. The van der Waals surface area contributed by atoms with Gasteiger partial charge in [-0.15, -0.1) is 0 Å². The second-order valence-electron chi connectivity index (χ2n) is 3.07. The number of rotatable bonds is 0. The molecule has 0 radical (unpaired) electrons. The molecule has 2 heteroatoms. The van der Waals surface area contributed by atoms with Crippen molar-refractivity contribution >= 4 is 6.71 Å². The molecule has 8 heavy (non-hydrogen) atoms. The Hall–Kier alpha value is 0.0249. The summed E-state index contributed by atoms with van der Waals surface area (Å²) in [6.45, 7) is 5.29. The maximum absolute atomic E-state index is 2.58. The molecule has 3 aliphatic rings. The molecule has 0 saturated carbocycles. The lowest BCUT2D eigenvalue weighted by Crippen LogP contribution is -2.44. The minimum Gasteiger partial charge on any atom is -0.305 e. The number of nitrogens with zero attached hydrogens (tertiary/aromatic N) is 1. The molecule has 0 aliphatic carbocycles. The fraction of sp³-hybridized carbons (Fsp3) is 1.00. The average Bonchev–Trinajstić information content (AvgIpc) is 1.92. The number of hydrogen-bond donors (Lipinski definition) is 0. The third-order valence-electron chi connectivity index (χ3n) is 2.56.